The molecular formula is C23H21FN6O6S. The normalized spacial score (nSPS) is 22.5. The lowest BCUT2D eigenvalue weighted by molar-refractivity contribution is -0.151. The van der Waals surface area contributed by atoms with Crippen LogP contribution in [0.3, 0.4) is 0 Å². The van der Waals surface area contributed by atoms with Crippen LogP contribution in [-0.4, -0.2) is 78.2 Å². The molecule has 0 radical (unpaired) electrons. The minimum atomic E-state index is -1.73. The number of aromatic nitrogens is 2. The van der Waals surface area contributed by atoms with Gasteiger partial charge in [-0.3, -0.25) is 25.0 Å². The third-order valence-corrected chi connectivity index (χ3v) is 8.09. The number of morpholine rings is 1. The Morgan fingerprint density at radius 2 is 2.00 bits per heavy atom. The van der Waals surface area contributed by atoms with E-state index in [4.69, 9.17) is 9.26 Å². The van der Waals surface area contributed by atoms with Gasteiger partial charge in [0.05, 0.1) is 36.0 Å². The van der Waals surface area contributed by atoms with Crippen LogP contribution in [0.25, 0.3) is 21.7 Å². The molecule has 192 valence electrons. The fourth-order valence-electron chi connectivity index (χ4n) is 5.52. The number of imide groups is 2. The van der Waals surface area contributed by atoms with Crippen LogP contribution in [0.5, 0.6) is 0 Å². The average Bonchev–Trinajstić information content (AvgIpc) is 3.49. The molecule has 2 unspecified atom stereocenters. The zero-order valence-corrected chi connectivity index (χ0v) is 20.8. The zero-order valence-electron chi connectivity index (χ0n) is 20.0. The number of nitrogens with one attached hydrogen (secondary N) is 2. The van der Waals surface area contributed by atoms with Gasteiger partial charge >= 0.3 is 6.03 Å². The number of fused-ring (bicyclic) bond motifs is 5. The number of benzene rings is 1. The quantitative estimate of drug-likeness (QED) is 0.470. The summed E-state index contributed by atoms with van der Waals surface area (Å²) >= 11 is 1.09. The van der Waals surface area contributed by atoms with Crippen LogP contribution in [0.2, 0.25) is 0 Å². The molecule has 12 nitrogen and oxygen atoms in total. The number of anilines is 1. The van der Waals surface area contributed by atoms with E-state index in [0.717, 1.165) is 11.3 Å². The Morgan fingerprint density at radius 1 is 1.27 bits per heavy atom. The molecule has 3 aromatic rings. The van der Waals surface area contributed by atoms with Gasteiger partial charge in [-0.15, -0.1) is 11.3 Å². The molecule has 3 aliphatic rings. The van der Waals surface area contributed by atoms with Gasteiger partial charge in [-0.05, 0) is 18.6 Å². The molecule has 3 aliphatic heterocycles. The number of hydrogen-bond donors (Lipinski definition) is 2. The lowest BCUT2D eigenvalue weighted by atomic mass is 9.66. The van der Waals surface area contributed by atoms with Crippen LogP contribution in [0, 0.1) is 11.2 Å². The van der Waals surface area contributed by atoms with Crippen molar-refractivity contribution in [3.05, 3.63) is 28.5 Å². The molecule has 0 bridgehead atoms. The second-order valence-electron chi connectivity index (χ2n) is 9.44. The Hall–Kier alpha value is -3.91. The number of carbonyl (C=O) groups is 4. The number of halogens is 1. The summed E-state index contributed by atoms with van der Waals surface area (Å²) in [5.41, 5.74) is -1.03. The maximum Gasteiger partial charge on any atom is 0.328 e. The highest BCUT2D eigenvalue weighted by molar-refractivity contribution is 7.17. The summed E-state index contributed by atoms with van der Waals surface area (Å²) in [5, 5.41) is 9.08. The lowest BCUT2D eigenvalue weighted by Crippen LogP contribution is -2.74. The van der Waals surface area contributed by atoms with Crippen molar-refractivity contribution in [1.82, 2.24) is 25.7 Å². The summed E-state index contributed by atoms with van der Waals surface area (Å²) in [4.78, 5) is 58.4. The predicted molar refractivity (Wildman–Crippen MR) is 127 cm³/mol. The van der Waals surface area contributed by atoms with Crippen LogP contribution in [-0.2, 0) is 20.7 Å². The summed E-state index contributed by atoms with van der Waals surface area (Å²) < 4.78 is 27.2. The Balaban J connectivity index is 1.53. The molecule has 5 amide bonds. The number of thiazole rings is 1. The highest BCUT2D eigenvalue weighted by Gasteiger charge is 2.62. The van der Waals surface area contributed by atoms with E-state index in [1.54, 1.807) is 32.0 Å². The fourth-order valence-corrected chi connectivity index (χ4v) is 6.45. The summed E-state index contributed by atoms with van der Waals surface area (Å²) in [6.45, 7) is 2.17. The molecule has 2 saturated heterocycles. The van der Waals surface area contributed by atoms with Crippen molar-refractivity contribution < 1.29 is 32.8 Å². The molecular weight excluding hydrogens is 507 g/mol. The molecule has 1 spiro atoms. The number of rotatable bonds is 2. The molecule has 0 saturated carbocycles. The van der Waals surface area contributed by atoms with Gasteiger partial charge in [-0.1, -0.05) is 5.16 Å². The van der Waals surface area contributed by atoms with E-state index in [2.05, 4.69) is 20.8 Å². The van der Waals surface area contributed by atoms with E-state index in [-0.39, 0.29) is 47.8 Å². The number of carbonyl (C=O) groups excluding carboxylic acids is 4. The minimum absolute atomic E-state index is 0.106. The first-order valence-electron chi connectivity index (χ1n) is 11.5. The monoisotopic (exact) mass is 528 g/mol. The van der Waals surface area contributed by atoms with Gasteiger partial charge in [0.1, 0.15) is 9.88 Å². The van der Waals surface area contributed by atoms with Crippen molar-refractivity contribution in [3.63, 3.8) is 0 Å². The van der Waals surface area contributed by atoms with Gasteiger partial charge < -0.3 is 19.1 Å². The van der Waals surface area contributed by atoms with Crippen LogP contribution in [0.4, 0.5) is 14.9 Å². The summed E-state index contributed by atoms with van der Waals surface area (Å²) in [6.07, 6.45) is 0.622. The highest BCUT2D eigenvalue weighted by Crippen LogP contribution is 2.49. The number of nitrogens with zero attached hydrogens (tertiary/aromatic N) is 4. The van der Waals surface area contributed by atoms with Crippen LogP contribution < -0.4 is 15.5 Å². The van der Waals surface area contributed by atoms with Gasteiger partial charge in [0.15, 0.2) is 16.9 Å². The molecule has 1 aromatic carbocycles. The van der Waals surface area contributed by atoms with Crippen LogP contribution in [0.1, 0.15) is 22.2 Å². The molecule has 2 fully saturated rings. The maximum atomic E-state index is 16.1. The SMILES string of the molecule is CC1OCCN2c3c(cc4c(-c5ncc(C(=O)N(C)C)s5)noc4c3F)CC3(C(=O)NC(=O)NC3=O)C12. The topological polar surface area (TPSA) is 147 Å². The highest BCUT2D eigenvalue weighted by atomic mass is 32.1. The Bertz CT molecular complexity index is 1490. The second kappa shape index (κ2) is 8.05. The number of barbiturate groups is 1. The largest absolute Gasteiger partial charge is 0.374 e. The minimum Gasteiger partial charge on any atom is -0.374 e. The predicted octanol–water partition coefficient (Wildman–Crippen LogP) is 1.29. The third kappa shape index (κ3) is 3.21. The van der Waals surface area contributed by atoms with E-state index < -0.39 is 41.2 Å². The second-order valence-corrected chi connectivity index (χ2v) is 10.5. The Morgan fingerprint density at radius 3 is 2.70 bits per heavy atom. The number of urea groups is 1. The average molecular weight is 529 g/mol. The first-order valence-corrected chi connectivity index (χ1v) is 12.3. The van der Waals surface area contributed by atoms with E-state index >= 15 is 4.39 Å². The molecule has 5 heterocycles. The summed E-state index contributed by atoms with van der Waals surface area (Å²) in [6, 6.07) is -0.143. The molecule has 2 aromatic heterocycles. The van der Waals surface area contributed by atoms with Crippen LogP contribution >= 0.6 is 11.3 Å². The van der Waals surface area contributed by atoms with E-state index in [9.17, 15) is 19.2 Å². The Labute approximate surface area is 212 Å². The van der Waals surface area contributed by atoms with Gasteiger partial charge in [-0.2, -0.15) is 0 Å². The maximum absolute atomic E-state index is 16.1. The smallest absolute Gasteiger partial charge is 0.328 e. The molecule has 2 N–H and O–H groups in total. The van der Waals surface area contributed by atoms with Crippen molar-refractivity contribution in [2.75, 3.05) is 32.1 Å². The molecule has 14 heteroatoms. The first-order chi connectivity index (χ1) is 17.6. The lowest BCUT2D eigenvalue weighted by Gasteiger charge is -2.54. The van der Waals surface area contributed by atoms with E-state index in [0.29, 0.717) is 15.4 Å². The summed E-state index contributed by atoms with van der Waals surface area (Å²) in [5.74, 6) is -2.46. The van der Waals surface area contributed by atoms with Crippen molar-refractivity contribution >= 4 is 51.7 Å². The van der Waals surface area contributed by atoms with Gasteiger partial charge in [-0.25, -0.2) is 14.2 Å². The number of hydrogen-bond acceptors (Lipinski definition) is 10. The number of ether oxygens (including phenoxy) is 1. The summed E-state index contributed by atoms with van der Waals surface area (Å²) in [7, 11) is 3.24. The molecule has 37 heavy (non-hydrogen) atoms. The van der Waals surface area contributed by atoms with Gasteiger partial charge in [0.25, 0.3) is 5.91 Å². The molecule has 6 rings (SSSR count). The molecule has 2 atom stereocenters. The first kappa shape index (κ1) is 23.5. The van der Waals surface area contributed by atoms with Crippen molar-refractivity contribution in [3.8, 4) is 10.7 Å². The van der Waals surface area contributed by atoms with Gasteiger partial charge in [0, 0.05) is 27.1 Å². The Kier molecular flexibility index (Phi) is 5.11. The van der Waals surface area contributed by atoms with Crippen molar-refractivity contribution in [2.45, 2.75) is 25.5 Å². The van der Waals surface area contributed by atoms with Crippen LogP contribution in [0.15, 0.2) is 16.8 Å². The van der Waals surface area contributed by atoms with E-state index in [1.807, 2.05) is 0 Å². The molecule has 0 aliphatic carbocycles. The standard InChI is InChI=1S/C23H21FN6O6S/c1-9-17-23(20(32)26-22(34)27-21(23)33)7-10-6-11-14(18-25-8-12(37-18)19(31)29(2)3)28-36-16(11)13(24)15(10)30(17)4-5-35-9/h6,8-9,17H,4-5,7H2,1-3H3,(H2,26,27,32,33,34). The van der Waals surface area contributed by atoms with E-state index in [1.165, 1.54) is 11.1 Å². The number of amides is 5. The van der Waals surface area contributed by atoms with Crippen molar-refractivity contribution in [1.29, 1.82) is 0 Å². The van der Waals surface area contributed by atoms with Gasteiger partial charge in [0.2, 0.25) is 17.4 Å². The zero-order chi connectivity index (χ0) is 26.2. The fraction of sp³-hybridized carbons (Fsp3) is 0.391. The third-order valence-electron chi connectivity index (χ3n) is 7.10. The van der Waals surface area contributed by atoms with Crippen molar-refractivity contribution in [2.24, 2.45) is 5.41 Å².